The van der Waals surface area contributed by atoms with E-state index in [-0.39, 0.29) is 5.91 Å². The third kappa shape index (κ3) is 2.95. The Hall–Kier alpha value is -2.21. The van der Waals surface area contributed by atoms with Gasteiger partial charge in [-0.15, -0.1) is 0 Å². The summed E-state index contributed by atoms with van der Waals surface area (Å²) in [6, 6.07) is 7.88. The Morgan fingerprint density at radius 2 is 2.14 bits per heavy atom. The molecule has 0 saturated carbocycles. The predicted octanol–water partition coefficient (Wildman–Crippen LogP) is 1.09. The summed E-state index contributed by atoms with van der Waals surface area (Å²) in [7, 11) is 1.95. The number of carbonyl (C=O) groups excluding carboxylic acids is 1. The number of likely N-dealkylation sites (N-methyl/N-ethyl adjacent to an activating group) is 1. The molecular formula is C15H19N5O. The van der Waals surface area contributed by atoms with Crippen molar-refractivity contribution in [2.45, 2.75) is 18.9 Å². The Kier molecular flexibility index (Phi) is 3.96. The molecule has 0 aliphatic carbocycles. The standard InChI is InChI=1S/C15H19N5O/c1-16-13-3-2-8-19(9-13)15(21)12-4-6-14(7-5-12)20-11-17-10-18-20/h4-7,10-11,13,16H,2-3,8-9H2,1H3. The van der Waals surface area contributed by atoms with Crippen LogP contribution < -0.4 is 5.32 Å². The van der Waals surface area contributed by atoms with Gasteiger partial charge in [0, 0.05) is 24.7 Å². The molecule has 1 aliphatic rings. The summed E-state index contributed by atoms with van der Waals surface area (Å²) >= 11 is 0. The maximum atomic E-state index is 12.5. The summed E-state index contributed by atoms with van der Waals surface area (Å²) in [5.41, 5.74) is 1.62. The van der Waals surface area contributed by atoms with Crippen LogP contribution in [0.25, 0.3) is 5.69 Å². The zero-order valence-corrected chi connectivity index (χ0v) is 12.1. The third-order valence-corrected chi connectivity index (χ3v) is 3.91. The van der Waals surface area contributed by atoms with Gasteiger partial charge in [0.15, 0.2) is 0 Å². The second kappa shape index (κ2) is 6.05. The molecule has 1 fully saturated rings. The Morgan fingerprint density at radius 1 is 1.33 bits per heavy atom. The minimum atomic E-state index is 0.0973. The fourth-order valence-corrected chi connectivity index (χ4v) is 2.68. The summed E-state index contributed by atoms with van der Waals surface area (Å²) in [5.74, 6) is 0.0973. The molecule has 1 saturated heterocycles. The number of aromatic nitrogens is 3. The van der Waals surface area contributed by atoms with Crippen molar-refractivity contribution in [1.82, 2.24) is 25.0 Å². The number of nitrogens with zero attached hydrogens (tertiary/aromatic N) is 4. The van der Waals surface area contributed by atoms with E-state index in [1.807, 2.05) is 36.2 Å². The van der Waals surface area contributed by atoms with E-state index in [1.54, 1.807) is 11.0 Å². The highest BCUT2D eigenvalue weighted by Crippen LogP contribution is 2.15. The molecule has 1 unspecified atom stereocenters. The Morgan fingerprint density at radius 3 is 2.81 bits per heavy atom. The number of likely N-dealkylation sites (tertiary alicyclic amines) is 1. The molecule has 1 aromatic heterocycles. The van der Waals surface area contributed by atoms with Crippen LogP contribution in [0.1, 0.15) is 23.2 Å². The molecule has 6 nitrogen and oxygen atoms in total. The zero-order chi connectivity index (χ0) is 14.7. The molecule has 1 N–H and O–H groups in total. The molecule has 2 aromatic rings. The Labute approximate surface area is 123 Å². The van der Waals surface area contributed by atoms with Gasteiger partial charge in [0.25, 0.3) is 5.91 Å². The van der Waals surface area contributed by atoms with E-state index in [4.69, 9.17) is 0 Å². The largest absolute Gasteiger partial charge is 0.337 e. The highest BCUT2D eigenvalue weighted by Gasteiger charge is 2.23. The lowest BCUT2D eigenvalue weighted by Gasteiger charge is -2.32. The normalized spacial score (nSPS) is 18.7. The molecule has 1 aliphatic heterocycles. The van der Waals surface area contributed by atoms with Gasteiger partial charge in [-0.3, -0.25) is 4.79 Å². The van der Waals surface area contributed by atoms with Crippen LogP contribution in [0.3, 0.4) is 0 Å². The molecule has 110 valence electrons. The molecule has 21 heavy (non-hydrogen) atoms. The number of amides is 1. The predicted molar refractivity (Wildman–Crippen MR) is 79.3 cm³/mol. The maximum Gasteiger partial charge on any atom is 0.253 e. The number of rotatable bonds is 3. The van der Waals surface area contributed by atoms with Gasteiger partial charge in [-0.2, -0.15) is 5.10 Å². The molecular weight excluding hydrogens is 266 g/mol. The fraction of sp³-hybridized carbons (Fsp3) is 0.400. The quantitative estimate of drug-likeness (QED) is 0.917. The van der Waals surface area contributed by atoms with Crippen molar-refractivity contribution in [2.24, 2.45) is 0 Å². The number of hydrogen-bond donors (Lipinski definition) is 1. The van der Waals surface area contributed by atoms with Crippen molar-refractivity contribution in [1.29, 1.82) is 0 Å². The van der Waals surface area contributed by atoms with Crippen molar-refractivity contribution >= 4 is 5.91 Å². The lowest BCUT2D eigenvalue weighted by Crippen LogP contribution is -2.46. The molecule has 0 bridgehead atoms. The van der Waals surface area contributed by atoms with Crippen molar-refractivity contribution in [3.05, 3.63) is 42.5 Å². The first kappa shape index (κ1) is 13.8. The second-order valence-corrected chi connectivity index (χ2v) is 5.27. The van der Waals surface area contributed by atoms with Crippen molar-refractivity contribution < 1.29 is 4.79 Å². The SMILES string of the molecule is CNC1CCCN(C(=O)c2ccc(-n3cncn3)cc2)C1. The van der Waals surface area contributed by atoms with E-state index in [9.17, 15) is 4.79 Å². The average molecular weight is 285 g/mol. The molecule has 1 amide bonds. The van der Waals surface area contributed by atoms with Crippen LogP contribution in [-0.4, -0.2) is 51.8 Å². The smallest absolute Gasteiger partial charge is 0.253 e. The molecule has 1 atom stereocenters. The summed E-state index contributed by atoms with van der Waals surface area (Å²) in [6.07, 6.45) is 5.31. The van der Waals surface area contributed by atoms with Crippen molar-refractivity contribution in [3.63, 3.8) is 0 Å². The van der Waals surface area contributed by atoms with Gasteiger partial charge in [0.05, 0.1) is 5.69 Å². The van der Waals surface area contributed by atoms with Gasteiger partial charge in [-0.1, -0.05) is 0 Å². The summed E-state index contributed by atoms with van der Waals surface area (Å²) in [6.45, 7) is 1.61. The van der Waals surface area contributed by atoms with Crippen LogP contribution in [0.2, 0.25) is 0 Å². The van der Waals surface area contributed by atoms with Gasteiger partial charge in [0.2, 0.25) is 0 Å². The van der Waals surface area contributed by atoms with Gasteiger partial charge < -0.3 is 10.2 Å². The van der Waals surface area contributed by atoms with Gasteiger partial charge >= 0.3 is 0 Å². The van der Waals surface area contributed by atoms with Crippen molar-refractivity contribution in [3.8, 4) is 5.69 Å². The second-order valence-electron chi connectivity index (χ2n) is 5.27. The summed E-state index contributed by atoms with van der Waals surface area (Å²) in [5, 5.41) is 7.33. The minimum absolute atomic E-state index is 0.0973. The van der Waals surface area contributed by atoms with Crippen LogP contribution in [0, 0.1) is 0 Å². The van der Waals surface area contributed by atoms with Gasteiger partial charge in [0.1, 0.15) is 12.7 Å². The minimum Gasteiger partial charge on any atom is -0.337 e. The molecule has 1 aromatic carbocycles. The summed E-state index contributed by atoms with van der Waals surface area (Å²) in [4.78, 5) is 18.4. The number of piperidine rings is 1. The lowest BCUT2D eigenvalue weighted by molar-refractivity contribution is 0.0698. The first-order chi connectivity index (χ1) is 10.3. The third-order valence-electron chi connectivity index (χ3n) is 3.91. The highest BCUT2D eigenvalue weighted by molar-refractivity contribution is 5.94. The van der Waals surface area contributed by atoms with E-state index in [0.717, 1.165) is 37.2 Å². The first-order valence-corrected chi connectivity index (χ1v) is 7.19. The monoisotopic (exact) mass is 285 g/mol. The molecule has 2 heterocycles. The Bertz CT molecular complexity index is 593. The lowest BCUT2D eigenvalue weighted by atomic mass is 10.0. The van der Waals surface area contributed by atoms with E-state index in [1.165, 1.54) is 6.33 Å². The molecule has 6 heteroatoms. The number of nitrogens with one attached hydrogen (secondary N) is 1. The van der Waals surface area contributed by atoms with Crippen LogP contribution in [0.5, 0.6) is 0 Å². The maximum absolute atomic E-state index is 12.5. The number of hydrogen-bond acceptors (Lipinski definition) is 4. The first-order valence-electron chi connectivity index (χ1n) is 7.19. The van der Waals surface area contributed by atoms with Crippen LogP contribution >= 0.6 is 0 Å². The fourth-order valence-electron chi connectivity index (χ4n) is 2.68. The highest BCUT2D eigenvalue weighted by atomic mass is 16.2. The van der Waals surface area contributed by atoms with E-state index in [2.05, 4.69) is 15.4 Å². The number of benzene rings is 1. The zero-order valence-electron chi connectivity index (χ0n) is 12.1. The van der Waals surface area contributed by atoms with E-state index in [0.29, 0.717) is 6.04 Å². The molecule has 0 spiro atoms. The van der Waals surface area contributed by atoms with E-state index >= 15 is 0 Å². The Balaban J connectivity index is 1.73. The average Bonchev–Trinajstić information content (AvgIpc) is 3.09. The summed E-state index contributed by atoms with van der Waals surface area (Å²) < 4.78 is 1.67. The topological polar surface area (TPSA) is 63.1 Å². The van der Waals surface area contributed by atoms with Crippen LogP contribution in [0.15, 0.2) is 36.9 Å². The van der Waals surface area contributed by atoms with E-state index < -0.39 is 0 Å². The van der Waals surface area contributed by atoms with Gasteiger partial charge in [-0.25, -0.2) is 9.67 Å². The molecule has 0 radical (unpaired) electrons. The number of carbonyl (C=O) groups is 1. The van der Waals surface area contributed by atoms with Crippen LogP contribution in [0.4, 0.5) is 0 Å². The van der Waals surface area contributed by atoms with Crippen LogP contribution in [-0.2, 0) is 0 Å². The van der Waals surface area contributed by atoms with Gasteiger partial charge in [-0.05, 0) is 44.2 Å². The molecule has 3 rings (SSSR count). The van der Waals surface area contributed by atoms with Crippen molar-refractivity contribution in [2.75, 3.05) is 20.1 Å².